The Bertz CT molecular complexity index is 3300. The van der Waals surface area contributed by atoms with E-state index < -0.39 is 0 Å². The third kappa shape index (κ3) is 5.85. The van der Waals surface area contributed by atoms with Gasteiger partial charge in [0.25, 0.3) is 6.33 Å². The molecule has 0 atom stereocenters. The minimum Gasteiger partial charge on any atom is -0.458 e. The lowest BCUT2D eigenvalue weighted by atomic mass is 9.87. The van der Waals surface area contributed by atoms with E-state index in [1.165, 1.54) is 5.56 Å². The highest BCUT2D eigenvalue weighted by Gasteiger charge is 2.26. The van der Waals surface area contributed by atoms with E-state index in [0.29, 0.717) is 17.7 Å². The molecule has 10 aromatic rings. The van der Waals surface area contributed by atoms with Gasteiger partial charge in [-0.3, -0.25) is 13.7 Å². The van der Waals surface area contributed by atoms with E-state index in [1.54, 1.807) is 0 Å². The zero-order valence-corrected chi connectivity index (χ0v) is 33.0. The third-order valence-electron chi connectivity index (χ3n) is 11.5. The molecule has 0 radical (unpaired) electrons. The summed E-state index contributed by atoms with van der Waals surface area (Å²) in [6.07, 6.45) is 5.90. The first kappa shape index (κ1) is 33.6. The zero-order chi connectivity index (χ0) is 40.5. The summed E-state index contributed by atoms with van der Waals surface area (Å²) in [7, 11) is 0. The van der Waals surface area contributed by atoms with Crippen LogP contribution >= 0.6 is 0 Å². The van der Waals surface area contributed by atoms with E-state index in [4.69, 9.17) is 9.72 Å². The van der Waals surface area contributed by atoms with Crippen LogP contribution in [0, 0.1) is 6.33 Å². The number of benzene rings is 7. The van der Waals surface area contributed by atoms with Crippen molar-refractivity contribution in [1.29, 1.82) is 0 Å². The van der Waals surface area contributed by atoms with E-state index in [0.717, 1.165) is 83.6 Å². The fraction of sp³-hybridized carbons (Fsp3) is 0.0741. The third-order valence-corrected chi connectivity index (χ3v) is 11.5. The molecule has 0 bridgehead atoms. The van der Waals surface area contributed by atoms with Crippen molar-refractivity contribution in [3.63, 3.8) is 0 Å². The molecule has 0 amide bonds. The van der Waals surface area contributed by atoms with Crippen LogP contribution in [0.5, 0.6) is 11.5 Å². The van der Waals surface area contributed by atoms with Gasteiger partial charge in [0.05, 0.1) is 29.5 Å². The summed E-state index contributed by atoms with van der Waals surface area (Å²) in [5.74, 6) is 2.22. The summed E-state index contributed by atoms with van der Waals surface area (Å²) in [6, 6.07) is 60.9. The average Bonchev–Trinajstić information content (AvgIpc) is 3.79. The highest BCUT2D eigenvalue weighted by molar-refractivity contribution is 6.09. The Hall–Kier alpha value is -7.50. The molecule has 4 heterocycles. The lowest BCUT2D eigenvalue weighted by Gasteiger charge is -2.24. The first-order chi connectivity index (χ1) is 29.3. The van der Waals surface area contributed by atoms with Gasteiger partial charge in [0, 0.05) is 29.2 Å². The maximum Gasteiger partial charge on any atom is 0.269 e. The molecule has 7 aromatic carbocycles. The second-order valence-electron chi connectivity index (χ2n) is 16.2. The van der Waals surface area contributed by atoms with Gasteiger partial charge >= 0.3 is 0 Å². The van der Waals surface area contributed by atoms with Gasteiger partial charge in [-0.15, -0.1) is 0 Å². The predicted molar refractivity (Wildman–Crippen MR) is 239 cm³/mol. The maximum absolute atomic E-state index is 9.90. The van der Waals surface area contributed by atoms with Crippen LogP contribution in [-0.4, -0.2) is 14.1 Å². The molecule has 3 aromatic heterocycles. The second-order valence-corrected chi connectivity index (χ2v) is 16.2. The summed E-state index contributed by atoms with van der Waals surface area (Å²) in [6.45, 7) is 6.67. The SMILES string of the molecule is [2H]c1c2[n+]([c-]n1-c1cccc(Oc3ccc4c5ccccc5n(-c5cc(C(C)(C)C)ccn5)c4c3)c1)-c1c(-c3ccccc3)cccc1-c1ccccc1-c1ccccc1-2. The Kier molecular flexibility index (Phi) is 7.73. The van der Waals surface area contributed by atoms with Crippen molar-refractivity contribution >= 4 is 21.8 Å². The van der Waals surface area contributed by atoms with Crippen molar-refractivity contribution in [2.45, 2.75) is 26.2 Å². The number of ether oxygens (including phenoxy) is 1. The van der Waals surface area contributed by atoms with E-state index in [9.17, 15) is 1.37 Å². The van der Waals surface area contributed by atoms with Crippen LogP contribution in [0.1, 0.15) is 27.7 Å². The largest absolute Gasteiger partial charge is 0.458 e. The van der Waals surface area contributed by atoms with Gasteiger partial charge in [0.15, 0.2) is 0 Å². The van der Waals surface area contributed by atoms with Crippen molar-refractivity contribution in [3.05, 3.63) is 200 Å². The lowest BCUT2D eigenvalue weighted by molar-refractivity contribution is -0.586. The van der Waals surface area contributed by atoms with E-state index in [2.05, 4.69) is 176 Å². The van der Waals surface area contributed by atoms with Gasteiger partial charge in [0.2, 0.25) is 0 Å². The van der Waals surface area contributed by atoms with Crippen molar-refractivity contribution in [2.75, 3.05) is 0 Å². The standard InChI is InChI=1S/C54H40N4O/c1-54(2,3)37-29-30-55-52(31-37)58-49-26-12-11-23-46(49)47-28-27-40(33-50(47)58)59-39-18-13-17-38(32-39)56-34-51-45-22-10-9-20-43(45)42-19-7-8-21-44(42)48-25-14-24-41(53(48)57(51)35-56)36-15-5-4-6-16-36/h4-34H,1-3H3/i34D. The lowest BCUT2D eigenvalue weighted by Crippen LogP contribution is -2.34. The summed E-state index contributed by atoms with van der Waals surface area (Å²) in [5, 5.41) is 2.28. The van der Waals surface area contributed by atoms with Crippen LogP contribution in [0.25, 0.3) is 83.6 Å². The summed E-state index contributed by atoms with van der Waals surface area (Å²) in [4.78, 5) is 4.86. The Morgan fingerprint density at radius 2 is 1.22 bits per heavy atom. The highest BCUT2D eigenvalue weighted by Crippen LogP contribution is 2.44. The van der Waals surface area contributed by atoms with Crippen LogP contribution in [-0.2, 0) is 5.41 Å². The van der Waals surface area contributed by atoms with Gasteiger partial charge in [0.1, 0.15) is 17.3 Å². The van der Waals surface area contributed by atoms with Crippen LogP contribution in [0.3, 0.4) is 0 Å². The van der Waals surface area contributed by atoms with Crippen LogP contribution in [0.2, 0.25) is 0 Å². The number of fused-ring (bicyclic) bond motifs is 11. The average molecular weight is 762 g/mol. The smallest absolute Gasteiger partial charge is 0.269 e. The molecule has 5 nitrogen and oxygen atoms in total. The molecule has 0 unspecified atom stereocenters. The molecule has 5 heteroatoms. The van der Waals surface area contributed by atoms with Gasteiger partial charge in [-0.05, 0) is 98.5 Å². The molecule has 0 fully saturated rings. The molecule has 0 N–H and O–H groups in total. The van der Waals surface area contributed by atoms with Crippen LogP contribution < -0.4 is 9.30 Å². The number of hydrogen-bond acceptors (Lipinski definition) is 2. The highest BCUT2D eigenvalue weighted by atomic mass is 16.5. The van der Waals surface area contributed by atoms with E-state index in [-0.39, 0.29) is 5.41 Å². The number of pyridine rings is 1. The Morgan fingerprint density at radius 3 is 2.03 bits per heavy atom. The molecular formula is C54H40N4O. The van der Waals surface area contributed by atoms with Gasteiger partial charge in [-0.2, -0.15) is 0 Å². The summed E-state index contributed by atoms with van der Waals surface area (Å²) in [5.41, 5.74) is 13.3. The number of rotatable bonds is 5. The number of para-hydroxylation sites is 2. The fourth-order valence-corrected chi connectivity index (χ4v) is 8.62. The van der Waals surface area contributed by atoms with Crippen LogP contribution in [0.4, 0.5) is 0 Å². The van der Waals surface area contributed by atoms with Gasteiger partial charge < -0.3 is 4.74 Å². The summed E-state index contributed by atoms with van der Waals surface area (Å²) >= 11 is 0. The number of imidazole rings is 1. The fourth-order valence-electron chi connectivity index (χ4n) is 8.62. The number of hydrogen-bond donors (Lipinski definition) is 0. The van der Waals surface area contributed by atoms with Crippen molar-refractivity contribution in [3.8, 4) is 73.3 Å². The van der Waals surface area contributed by atoms with Crippen molar-refractivity contribution in [2.24, 2.45) is 0 Å². The molecular weight excluding hydrogens is 721 g/mol. The van der Waals surface area contributed by atoms with E-state index in [1.807, 2.05) is 47.2 Å². The molecule has 59 heavy (non-hydrogen) atoms. The van der Waals surface area contributed by atoms with Gasteiger partial charge in [-0.25, -0.2) is 4.98 Å². The van der Waals surface area contributed by atoms with Crippen LogP contribution in [0.15, 0.2) is 188 Å². The molecule has 11 rings (SSSR count). The number of nitrogens with zero attached hydrogens (tertiary/aromatic N) is 4. The zero-order valence-electron chi connectivity index (χ0n) is 34.0. The molecule has 1 aliphatic rings. The molecule has 1 aliphatic heterocycles. The predicted octanol–water partition coefficient (Wildman–Crippen LogP) is 13.1. The monoisotopic (exact) mass is 761 g/mol. The molecule has 282 valence electrons. The molecule has 0 spiro atoms. The van der Waals surface area contributed by atoms with Crippen molar-refractivity contribution < 1.29 is 10.7 Å². The first-order valence-electron chi connectivity index (χ1n) is 20.5. The minimum absolute atomic E-state index is 0.0238. The molecule has 0 aliphatic carbocycles. The Morgan fingerprint density at radius 1 is 0.576 bits per heavy atom. The first-order valence-corrected chi connectivity index (χ1v) is 20.0. The number of aromatic nitrogens is 4. The van der Waals surface area contributed by atoms with E-state index >= 15 is 0 Å². The Labute approximate surface area is 345 Å². The molecule has 0 saturated carbocycles. The quantitative estimate of drug-likeness (QED) is 0.129. The minimum atomic E-state index is -0.0238. The maximum atomic E-state index is 9.90. The second kappa shape index (κ2) is 13.6. The van der Waals surface area contributed by atoms with Crippen molar-refractivity contribution in [1.82, 2.24) is 14.1 Å². The molecule has 0 saturated heterocycles. The summed E-state index contributed by atoms with van der Waals surface area (Å²) < 4.78 is 22.8. The normalized spacial score (nSPS) is 12.2. The Balaban J connectivity index is 1.06. The van der Waals surface area contributed by atoms with Gasteiger partial charge in [-0.1, -0.05) is 142 Å². The topological polar surface area (TPSA) is 35.9 Å².